The van der Waals surface area contributed by atoms with Crippen LogP contribution in [0.4, 0.5) is 20.2 Å². The van der Waals surface area contributed by atoms with Gasteiger partial charge in [-0.25, -0.2) is 8.78 Å². The number of nitrogens with zero attached hydrogens (tertiary/aromatic N) is 1. The molecule has 0 bridgehead atoms. The Bertz CT molecular complexity index is 586. The summed E-state index contributed by atoms with van der Waals surface area (Å²) in [6.07, 6.45) is 5.60. The van der Waals surface area contributed by atoms with E-state index in [9.17, 15) is 8.78 Å². The first kappa shape index (κ1) is 11.3. The molecule has 0 radical (unpaired) electrons. The predicted octanol–water partition coefficient (Wildman–Crippen LogP) is 3.36. The quantitative estimate of drug-likeness (QED) is 0.772. The van der Waals surface area contributed by atoms with Crippen molar-refractivity contribution in [2.45, 2.75) is 25.8 Å². The average molecular weight is 248 g/mol. The lowest BCUT2D eigenvalue weighted by atomic mass is 9.96. The van der Waals surface area contributed by atoms with Crippen LogP contribution in [0.15, 0.2) is 18.9 Å². The number of nitrogen functional groups attached to an aromatic ring is 1. The van der Waals surface area contributed by atoms with Gasteiger partial charge in [0.2, 0.25) is 0 Å². The molecule has 2 aliphatic rings. The molecule has 1 aliphatic heterocycles. The van der Waals surface area contributed by atoms with Crippen LogP contribution < -0.4 is 10.6 Å². The Labute approximate surface area is 104 Å². The van der Waals surface area contributed by atoms with Crippen LogP contribution in [0.2, 0.25) is 0 Å². The van der Waals surface area contributed by atoms with E-state index in [0.29, 0.717) is 22.9 Å². The minimum absolute atomic E-state index is 0.0103. The second-order valence-corrected chi connectivity index (χ2v) is 4.87. The zero-order valence-electron chi connectivity index (χ0n) is 10.1. The van der Waals surface area contributed by atoms with Gasteiger partial charge in [0.15, 0.2) is 11.6 Å². The number of fused-ring (bicyclic) bond motifs is 1. The maximum atomic E-state index is 14.3. The molecule has 4 heteroatoms. The van der Waals surface area contributed by atoms with E-state index in [2.05, 4.69) is 6.58 Å². The van der Waals surface area contributed by atoms with E-state index in [1.54, 1.807) is 6.08 Å². The smallest absolute Gasteiger partial charge is 0.153 e. The Kier molecular flexibility index (Phi) is 2.24. The fourth-order valence-corrected chi connectivity index (χ4v) is 2.38. The minimum Gasteiger partial charge on any atom is -0.396 e. The molecule has 18 heavy (non-hydrogen) atoms. The lowest BCUT2D eigenvalue weighted by Crippen LogP contribution is -2.25. The molecule has 0 amide bonds. The fraction of sp³-hybridized carbons (Fsp3) is 0.286. The minimum atomic E-state index is -0.682. The maximum Gasteiger partial charge on any atom is 0.153 e. The summed E-state index contributed by atoms with van der Waals surface area (Å²) in [5.41, 5.74) is 7.07. The van der Waals surface area contributed by atoms with E-state index in [-0.39, 0.29) is 11.3 Å². The van der Waals surface area contributed by atoms with Crippen LogP contribution in [0.1, 0.15) is 24.0 Å². The fourth-order valence-electron chi connectivity index (χ4n) is 2.38. The van der Waals surface area contributed by atoms with Crippen molar-refractivity contribution < 1.29 is 8.78 Å². The Hall–Kier alpha value is -1.84. The van der Waals surface area contributed by atoms with Crippen LogP contribution >= 0.6 is 0 Å². The van der Waals surface area contributed by atoms with Crippen molar-refractivity contribution in [3.05, 3.63) is 41.6 Å². The molecule has 0 unspecified atom stereocenters. The molecule has 1 aromatic rings. The van der Waals surface area contributed by atoms with Crippen LogP contribution in [0, 0.1) is 18.6 Å². The summed E-state index contributed by atoms with van der Waals surface area (Å²) < 4.78 is 28.2. The van der Waals surface area contributed by atoms with E-state index < -0.39 is 11.6 Å². The molecule has 1 aromatic carbocycles. The number of halogens is 2. The third-order valence-corrected chi connectivity index (χ3v) is 3.56. The van der Waals surface area contributed by atoms with Crippen molar-refractivity contribution in [1.29, 1.82) is 0 Å². The van der Waals surface area contributed by atoms with Crippen LogP contribution in [0.3, 0.4) is 0 Å². The van der Waals surface area contributed by atoms with Crippen LogP contribution in [0.5, 0.6) is 0 Å². The van der Waals surface area contributed by atoms with E-state index in [1.165, 1.54) is 6.92 Å². The van der Waals surface area contributed by atoms with Crippen molar-refractivity contribution in [1.82, 2.24) is 0 Å². The second-order valence-electron chi connectivity index (χ2n) is 4.87. The molecule has 94 valence electrons. The molecule has 0 saturated heterocycles. The summed E-state index contributed by atoms with van der Waals surface area (Å²) in [7, 11) is 0. The number of rotatable bonds is 1. The highest BCUT2D eigenvalue weighted by molar-refractivity contribution is 5.92. The van der Waals surface area contributed by atoms with Gasteiger partial charge in [0.1, 0.15) is 0 Å². The molecule has 2 nitrogen and oxygen atoms in total. The topological polar surface area (TPSA) is 29.3 Å². The molecule has 1 aliphatic carbocycles. The van der Waals surface area contributed by atoms with Crippen LogP contribution in [0.25, 0.3) is 5.57 Å². The highest BCUT2D eigenvalue weighted by atomic mass is 19.1. The molecular formula is C14H14F2N2. The Morgan fingerprint density at radius 3 is 2.61 bits per heavy atom. The third-order valence-electron chi connectivity index (χ3n) is 3.56. The monoisotopic (exact) mass is 248 g/mol. The first-order valence-electron chi connectivity index (χ1n) is 5.95. The molecular weight excluding hydrogens is 234 g/mol. The molecule has 2 N–H and O–H groups in total. The lowest BCUT2D eigenvalue weighted by Gasteiger charge is -2.29. The van der Waals surface area contributed by atoms with Gasteiger partial charge >= 0.3 is 0 Å². The standard InChI is InChI=1S/C14H14F2N2/c1-7-5-6-18(9-3-4-9)14-10(7)13(17)11(15)8(2)12(14)16/h5-6,9H,1,3-4,17H2,2H3. The van der Waals surface area contributed by atoms with Crippen molar-refractivity contribution in [2.75, 3.05) is 10.6 Å². The third kappa shape index (κ3) is 1.38. The molecule has 1 fully saturated rings. The SMILES string of the molecule is C=C1C=CN(C2CC2)c2c(F)c(C)c(F)c(N)c21. The average Bonchev–Trinajstić information content (AvgIpc) is 3.17. The first-order valence-corrected chi connectivity index (χ1v) is 5.95. The van der Waals surface area contributed by atoms with E-state index in [4.69, 9.17) is 5.73 Å². The number of hydrogen-bond acceptors (Lipinski definition) is 2. The summed E-state index contributed by atoms with van der Waals surface area (Å²) in [6, 6.07) is 0.298. The van der Waals surface area contributed by atoms with Gasteiger partial charge in [-0.05, 0) is 31.4 Å². The maximum absolute atomic E-state index is 14.3. The van der Waals surface area contributed by atoms with Crippen molar-refractivity contribution in [2.24, 2.45) is 0 Å². The number of hydrogen-bond donors (Lipinski definition) is 1. The van der Waals surface area contributed by atoms with Gasteiger partial charge < -0.3 is 10.6 Å². The van der Waals surface area contributed by atoms with E-state index in [1.807, 2.05) is 11.1 Å². The molecule has 1 heterocycles. The van der Waals surface area contributed by atoms with Gasteiger partial charge in [0.05, 0.1) is 11.4 Å². The summed E-state index contributed by atoms with van der Waals surface area (Å²) in [5.74, 6) is -1.22. The van der Waals surface area contributed by atoms with Crippen molar-refractivity contribution in [3.63, 3.8) is 0 Å². The van der Waals surface area contributed by atoms with Crippen molar-refractivity contribution in [3.8, 4) is 0 Å². The molecule has 0 aromatic heterocycles. The zero-order chi connectivity index (χ0) is 13.0. The van der Waals surface area contributed by atoms with Gasteiger partial charge in [-0.2, -0.15) is 0 Å². The molecule has 0 spiro atoms. The predicted molar refractivity (Wildman–Crippen MR) is 69.2 cm³/mol. The second kappa shape index (κ2) is 3.57. The normalized spacial score (nSPS) is 18.2. The summed E-state index contributed by atoms with van der Waals surface area (Å²) >= 11 is 0. The highest BCUT2D eigenvalue weighted by Gasteiger charge is 2.35. The first-order chi connectivity index (χ1) is 8.52. The number of anilines is 2. The zero-order valence-corrected chi connectivity index (χ0v) is 10.1. The van der Waals surface area contributed by atoms with Crippen molar-refractivity contribution >= 4 is 16.9 Å². The summed E-state index contributed by atoms with van der Waals surface area (Å²) in [6.45, 7) is 5.23. The Morgan fingerprint density at radius 1 is 1.33 bits per heavy atom. The Balaban J connectivity index is 2.31. The number of allylic oxidation sites excluding steroid dienone is 2. The van der Waals surface area contributed by atoms with Gasteiger partial charge in [0.25, 0.3) is 0 Å². The lowest BCUT2D eigenvalue weighted by molar-refractivity contribution is 0.568. The molecule has 1 saturated carbocycles. The summed E-state index contributed by atoms with van der Waals surface area (Å²) in [4.78, 5) is 1.85. The van der Waals surface area contributed by atoms with E-state index in [0.717, 1.165) is 12.8 Å². The van der Waals surface area contributed by atoms with E-state index >= 15 is 0 Å². The number of benzene rings is 1. The van der Waals surface area contributed by atoms with Gasteiger partial charge in [-0.1, -0.05) is 6.58 Å². The summed E-state index contributed by atoms with van der Waals surface area (Å²) in [5, 5.41) is 0. The largest absolute Gasteiger partial charge is 0.396 e. The Morgan fingerprint density at radius 2 is 2.00 bits per heavy atom. The molecule has 0 atom stereocenters. The molecule has 3 rings (SSSR count). The van der Waals surface area contributed by atoms with Gasteiger partial charge in [-0.15, -0.1) is 0 Å². The van der Waals surface area contributed by atoms with Crippen LogP contribution in [-0.4, -0.2) is 6.04 Å². The highest BCUT2D eigenvalue weighted by Crippen LogP contribution is 2.45. The number of nitrogens with two attached hydrogens (primary N) is 1. The van der Waals surface area contributed by atoms with Crippen LogP contribution in [-0.2, 0) is 0 Å². The van der Waals surface area contributed by atoms with Gasteiger partial charge in [0, 0.05) is 23.4 Å². The van der Waals surface area contributed by atoms with Gasteiger partial charge in [-0.3, -0.25) is 0 Å².